The lowest BCUT2D eigenvalue weighted by Crippen LogP contribution is -2.39. The lowest BCUT2D eigenvalue weighted by molar-refractivity contribution is -0.146. The summed E-state index contributed by atoms with van der Waals surface area (Å²) in [6, 6.07) is 0. The van der Waals surface area contributed by atoms with E-state index in [9.17, 15) is 9.59 Å². The zero-order chi connectivity index (χ0) is 11.3. The summed E-state index contributed by atoms with van der Waals surface area (Å²) in [5.41, 5.74) is 0. The van der Waals surface area contributed by atoms with Gasteiger partial charge in [-0.1, -0.05) is 12.2 Å². The molecule has 0 saturated heterocycles. The molecule has 5 nitrogen and oxygen atoms in total. The predicted molar refractivity (Wildman–Crippen MR) is 53.1 cm³/mol. The molecule has 0 bridgehead atoms. The SMILES string of the molecule is O=C(NCCO)C1C=CCCC1C(=O)O. The van der Waals surface area contributed by atoms with Crippen LogP contribution in [0.25, 0.3) is 0 Å². The van der Waals surface area contributed by atoms with E-state index in [1.165, 1.54) is 0 Å². The molecule has 84 valence electrons. The van der Waals surface area contributed by atoms with Crippen molar-refractivity contribution in [3.8, 4) is 0 Å². The number of carbonyl (C=O) groups is 2. The molecule has 0 spiro atoms. The Kier molecular flexibility index (Phi) is 4.30. The Morgan fingerprint density at radius 2 is 2.20 bits per heavy atom. The van der Waals surface area contributed by atoms with E-state index in [1.807, 2.05) is 6.08 Å². The second-order valence-corrected chi connectivity index (χ2v) is 3.49. The first-order valence-corrected chi connectivity index (χ1v) is 4.95. The molecule has 0 heterocycles. The normalized spacial score (nSPS) is 24.9. The highest BCUT2D eigenvalue weighted by molar-refractivity contribution is 5.86. The van der Waals surface area contributed by atoms with Gasteiger partial charge in [0.2, 0.25) is 5.91 Å². The first kappa shape index (κ1) is 11.7. The quantitative estimate of drug-likeness (QED) is 0.563. The molecule has 5 heteroatoms. The number of rotatable bonds is 4. The number of carboxylic acid groups (broad SMARTS) is 1. The number of carbonyl (C=O) groups excluding carboxylic acids is 1. The number of allylic oxidation sites excluding steroid dienone is 1. The van der Waals surface area contributed by atoms with Crippen molar-refractivity contribution >= 4 is 11.9 Å². The third kappa shape index (κ3) is 3.06. The first-order chi connectivity index (χ1) is 7.16. The van der Waals surface area contributed by atoms with Gasteiger partial charge in [0.25, 0.3) is 0 Å². The van der Waals surface area contributed by atoms with Gasteiger partial charge < -0.3 is 15.5 Å². The highest BCUT2D eigenvalue weighted by Crippen LogP contribution is 2.25. The summed E-state index contributed by atoms with van der Waals surface area (Å²) < 4.78 is 0. The van der Waals surface area contributed by atoms with E-state index in [2.05, 4.69) is 5.32 Å². The molecule has 2 atom stereocenters. The maximum atomic E-state index is 11.5. The molecule has 15 heavy (non-hydrogen) atoms. The van der Waals surface area contributed by atoms with Crippen molar-refractivity contribution in [1.82, 2.24) is 5.32 Å². The lowest BCUT2D eigenvalue weighted by Gasteiger charge is -2.23. The summed E-state index contributed by atoms with van der Waals surface area (Å²) in [4.78, 5) is 22.4. The summed E-state index contributed by atoms with van der Waals surface area (Å²) >= 11 is 0. The van der Waals surface area contributed by atoms with E-state index in [0.29, 0.717) is 12.8 Å². The second-order valence-electron chi connectivity index (χ2n) is 3.49. The molecule has 0 aromatic rings. The molecule has 2 unspecified atom stereocenters. The first-order valence-electron chi connectivity index (χ1n) is 4.95. The van der Waals surface area contributed by atoms with Gasteiger partial charge >= 0.3 is 5.97 Å². The Labute approximate surface area is 87.8 Å². The molecule has 1 rings (SSSR count). The number of hydrogen-bond donors (Lipinski definition) is 3. The molecule has 0 aliphatic heterocycles. The van der Waals surface area contributed by atoms with Gasteiger partial charge in [0.15, 0.2) is 0 Å². The molecule has 1 aliphatic rings. The van der Waals surface area contributed by atoms with Crippen LogP contribution in [0.15, 0.2) is 12.2 Å². The van der Waals surface area contributed by atoms with Crippen LogP contribution in [0.4, 0.5) is 0 Å². The minimum absolute atomic E-state index is 0.139. The zero-order valence-corrected chi connectivity index (χ0v) is 8.35. The largest absolute Gasteiger partial charge is 0.481 e. The Morgan fingerprint density at radius 3 is 2.80 bits per heavy atom. The van der Waals surface area contributed by atoms with Crippen molar-refractivity contribution in [2.45, 2.75) is 12.8 Å². The standard InChI is InChI=1S/C10H15NO4/c12-6-5-11-9(13)7-3-1-2-4-8(7)10(14)15/h1,3,7-8,12H,2,4-6H2,(H,11,13)(H,14,15). The van der Waals surface area contributed by atoms with E-state index in [4.69, 9.17) is 10.2 Å². The topological polar surface area (TPSA) is 86.6 Å². The van der Waals surface area contributed by atoms with E-state index in [1.54, 1.807) is 6.08 Å². The highest BCUT2D eigenvalue weighted by Gasteiger charge is 2.32. The maximum Gasteiger partial charge on any atom is 0.307 e. The highest BCUT2D eigenvalue weighted by atomic mass is 16.4. The van der Waals surface area contributed by atoms with Gasteiger partial charge in [0.05, 0.1) is 18.4 Å². The molecule has 1 aliphatic carbocycles. The Hall–Kier alpha value is -1.36. The number of aliphatic carboxylic acids is 1. The number of carboxylic acids is 1. The van der Waals surface area contributed by atoms with Crippen molar-refractivity contribution in [1.29, 1.82) is 0 Å². The summed E-state index contributed by atoms with van der Waals surface area (Å²) in [7, 11) is 0. The molecule has 0 aromatic heterocycles. The lowest BCUT2D eigenvalue weighted by atomic mass is 9.83. The monoisotopic (exact) mass is 213 g/mol. The number of aliphatic hydroxyl groups excluding tert-OH is 1. The molecule has 1 amide bonds. The van der Waals surface area contributed by atoms with Crippen LogP contribution in [0.2, 0.25) is 0 Å². The Balaban J connectivity index is 2.63. The van der Waals surface area contributed by atoms with E-state index in [0.717, 1.165) is 0 Å². The third-order valence-electron chi connectivity index (χ3n) is 2.45. The number of amides is 1. The van der Waals surface area contributed by atoms with Crippen molar-refractivity contribution in [2.24, 2.45) is 11.8 Å². The van der Waals surface area contributed by atoms with Crippen LogP contribution in [0, 0.1) is 11.8 Å². The van der Waals surface area contributed by atoms with Gasteiger partial charge in [0, 0.05) is 6.54 Å². The van der Waals surface area contributed by atoms with Crippen LogP contribution in [0.5, 0.6) is 0 Å². The molecule has 3 N–H and O–H groups in total. The van der Waals surface area contributed by atoms with Crippen LogP contribution < -0.4 is 5.32 Å². The average molecular weight is 213 g/mol. The second kappa shape index (κ2) is 5.50. The summed E-state index contributed by atoms with van der Waals surface area (Å²) in [5.74, 6) is -2.52. The van der Waals surface area contributed by atoms with E-state index < -0.39 is 17.8 Å². The van der Waals surface area contributed by atoms with Crippen LogP contribution in [0.1, 0.15) is 12.8 Å². The average Bonchev–Trinajstić information content (AvgIpc) is 2.25. The van der Waals surface area contributed by atoms with Crippen molar-refractivity contribution in [2.75, 3.05) is 13.2 Å². The van der Waals surface area contributed by atoms with Gasteiger partial charge in [-0.15, -0.1) is 0 Å². The maximum absolute atomic E-state index is 11.5. The minimum Gasteiger partial charge on any atom is -0.481 e. The van der Waals surface area contributed by atoms with Gasteiger partial charge in [-0.25, -0.2) is 0 Å². The molecular formula is C10H15NO4. The molecule has 0 aromatic carbocycles. The molecular weight excluding hydrogens is 198 g/mol. The van der Waals surface area contributed by atoms with Crippen molar-refractivity contribution in [3.05, 3.63) is 12.2 Å². The number of nitrogens with one attached hydrogen (secondary N) is 1. The van der Waals surface area contributed by atoms with Crippen LogP contribution >= 0.6 is 0 Å². The number of hydrogen-bond acceptors (Lipinski definition) is 3. The smallest absolute Gasteiger partial charge is 0.307 e. The van der Waals surface area contributed by atoms with E-state index in [-0.39, 0.29) is 19.1 Å². The Morgan fingerprint density at radius 1 is 1.47 bits per heavy atom. The molecule has 0 radical (unpaired) electrons. The fourth-order valence-corrected chi connectivity index (χ4v) is 1.68. The van der Waals surface area contributed by atoms with Crippen LogP contribution in [-0.4, -0.2) is 35.2 Å². The van der Waals surface area contributed by atoms with Crippen LogP contribution in [0.3, 0.4) is 0 Å². The zero-order valence-electron chi connectivity index (χ0n) is 8.35. The van der Waals surface area contributed by atoms with Gasteiger partial charge in [-0.05, 0) is 12.8 Å². The minimum atomic E-state index is -0.941. The summed E-state index contributed by atoms with van der Waals surface area (Å²) in [6.45, 7) is 0.0232. The third-order valence-corrected chi connectivity index (χ3v) is 2.45. The summed E-state index contributed by atoms with van der Waals surface area (Å²) in [6.07, 6.45) is 4.64. The van der Waals surface area contributed by atoms with Crippen molar-refractivity contribution in [3.63, 3.8) is 0 Å². The van der Waals surface area contributed by atoms with E-state index >= 15 is 0 Å². The van der Waals surface area contributed by atoms with Gasteiger partial charge in [0.1, 0.15) is 0 Å². The van der Waals surface area contributed by atoms with Crippen LogP contribution in [-0.2, 0) is 9.59 Å². The Bertz CT molecular complexity index is 275. The van der Waals surface area contributed by atoms with Gasteiger partial charge in [-0.2, -0.15) is 0 Å². The fourth-order valence-electron chi connectivity index (χ4n) is 1.68. The number of aliphatic hydroxyl groups is 1. The van der Waals surface area contributed by atoms with Crippen molar-refractivity contribution < 1.29 is 19.8 Å². The molecule has 0 saturated carbocycles. The molecule has 0 fully saturated rings. The van der Waals surface area contributed by atoms with Gasteiger partial charge in [-0.3, -0.25) is 9.59 Å². The fraction of sp³-hybridized carbons (Fsp3) is 0.600. The predicted octanol–water partition coefficient (Wildman–Crippen LogP) is -0.238. The summed E-state index contributed by atoms with van der Waals surface area (Å²) in [5, 5.41) is 19.9.